The van der Waals surface area contributed by atoms with Gasteiger partial charge in [-0.2, -0.15) is 0 Å². The van der Waals surface area contributed by atoms with Crippen LogP contribution in [0.4, 0.5) is 5.69 Å². The minimum atomic E-state index is -1.05. The molecule has 2 nitrogen and oxygen atoms in total. The van der Waals surface area contributed by atoms with Crippen molar-refractivity contribution >= 4 is 18.9 Å². The molecule has 0 unspecified atom stereocenters. The molecular formula is C18H27NOPY+. The molecule has 1 heterocycles. The molecule has 0 atom stereocenters. The van der Waals surface area contributed by atoms with Crippen LogP contribution in [-0.4, -0.2) is 29.5 Å². The zero-order chi connectivity index (χ0) is 15.1. The first kappa shape index (κ1) is 18.6. The average Bonchev–Trinajstić information content (AvgIpc) is 3.15. The monoisotopic (exact) mass is 393 g/mol. The summed E-state index contributed by atoms with van der Waals surface area (Å²) in [7, 11) is -1.05. The number of nitrogens with one attached hydrogen (secondary N) is 1. The molecule has 1 aromatic carbocycles. The Morgan fingerprint density at radius 1 is 1.18 bits per heavy atom. The maximum absolute atomic E-state index is 13.1. The van der Waals surface area contributed by atoms with Gasteiger partial charge in [0.2, 0.25) is 0 Å². The van der Waals surface area contributed by atoms with Gasteiger partial charge in [0.25, 0.3) is 5.91 Å². The number of hydrogen-bond acceptors (Lipinski definition) is 1. The van der Waals surface area contributed by atoms with Gasteiger partial charge in [-0.25, -0.2) is 0 Å². The van der Waals surface area contributed by atoms with Crippen molar-refractivity contribution in [1.29, 1.82) is 0 Å². The van der Waals surface area contributed by atoms with Crippen molar-refractivity contribution in [3.05, 3.63) is 29.3 Å². The Bertz CT molecular complexity index is 542. The minimum Gasteiger partial charge on any atom is -0.322 e. The number of para-hydroxylation sites is 1. The van der Waals surface area contributed by atoms with Crippen molar-refractivity contribution in [2.24, 2.45) is 0 Å². The molecule has 1 radical (unpaired) electrons. The van der Waals surface area contributed by atoms with Crippen LogP contribution in [0.25, 0.3) is 0 Å². The summed E-state index contributed by atoms with van der Waals surface area (Å²) in [4.78, 5) is 13.1. The van der Waals surface area contributed by atoms with Crippen molar-refractivity contribution < 1.29 is 37.5 Å². The van der Waals surface area contributed by atoms with E-state index >= 15 is 0 Å². The molecule has 0 spiro atoms. The van der Waals surface area contributed by atoms with Gasteiger partial charge >= 0.3 is 0 Å². The summed E-state index contributed by atoms with van der Waals surface area (Å²) in [5.74, 6) is 0.331. The third-order valence-electron chi connectivity index (χ3n) is 5.80. The fraction of sp³-hybridized carbons (Fsp3) is 0.611. The van der Waals surface area contributed by atoms with E-state index in [2.05, 4.69) is 44.3 Å². The molecule has 117 valence electrons. The Labute approximate surface area is 160 Å². The second-order valence-corrected chi connectivity index (χ2v) is 11.5. The number of aryl methyl sites for hydroxylation is 2. The third kappa shape index (κ3) is 2.96. The first-order valence-electron chi connectivity index (χ1n) is 8.28. The Kier molecular flexibility index (Phi) is 5.90. The molecule has 1 aromatic rings. The van der Waals surface area contributed by atoms with Gasteiger partial charge in [0.15, 0.2) is 5.16 Å². The Hall–Kier alpha value is 0.224. The molecule has 2 fully saturated rings. The summed E-state index contributed by atoms with van der Waals surface area (Å²) in [6.45, 7) is 6.50. The summed E-state index contributed by atoms with van der Waals surface area (Å²) in [5.41, 5.74) is 3.39. The van der Waals surface area contributed by atoms with Gasteiger partial charge in [0.05, 0.1) is 18.5 Å². The Morgan fingerprint density at radius 2 is 1.73 bits per heavy atom. The van der Waals surface area contributed by atoms with Crippen molar-refractivity contribution in [2.75, 3.05) is 23.8 Å². The van der Waals surface area contributed by atoms with Gasteiger partial charge < -0.3 is 5.32 Å². The fourth-order valence-electron chi connectivity index (χ4n) is 4.26. The second-order valence-electron chi connectivity index (χ2n) is 6.87. The van der Waals surface area contributed by atoms with Gasteiger partial charge in [-0.15, -0.1) is 0 Å². The van der Waals surface area contributed by atoms with Crippen LogP contribution in [0, 0.1) is 13.8 Å². The van der Waals surface area contributed by atoms with Crippen molar-refractivity contribution in [1.82, 2.24) is 0 Å². The van der Waals surface area contributed by atoms with E-state index in [0.29, 0.717) is 5.91 Å². The molecular weight excluding hydrogens is 366 g/mol. The van der Waals surface area contributed by atoms with Crippen LogP contribution >= 0.6 is 7.26 Å². The summed E-state index contributed by atoms with van der Waals surface area (Å²) in [5, 5.41) is 3.34. The zero-order valence-electron chi connectivity index (χ0n) is 14.1. The predicted octanol–water partition coefficient (Wildman–Crippen LogP) is 4.60. The molecule has 1 N–H and O–H groups in total. The minimum absolute atomic E-state index is 0. The largest absolute Gasteiger partial charge is 0.322 e. The van der Waals surface area contributed by atoms with E-state index in [9.17, 15) is 4.79 Å². The third-order valence-corrected chi connectivity index (χ3v) is 11.8. The maximum atomic E-state index is 13.1. The van der Waals surface area contributed by atoms with Crippen molar-refractivity contribution in [3.63, 3.8) is 0 Å². The van der Waals surface area contributed by atoms with E-state index in [4.69, 9.17) is 0 Å². The van der Waals surface area contributed by atoms with E-state index in [-0.39, 0.29) is 37.9 Å². The molecule has 1 aliphatic heterocycles. The van der Waals surface area contributed by atoms with Crippen LogP contribution in [0.15, 0.2) is 18.2 Å². The number of benzene rings is 1. The Balaban J connectivity index is 0.00000176. The quantitative estimate of drug-likeness (QED) is 0.745. The van der Waals surface area contributed by atoms with E-state index in [1.54, 1.807) is 0 Å². The van der Waals surface area contributed by atoms with Gasteiger partial charge in [-0.05, 0) is 44.7 Å². The molecule has 1 saturated carbocycles. The van der Waals surface area contributed by atoms with E-state index in [1.807, 2.05) is 0 Å². The number of carbonyl (C=O) groups excluding carboxylic acids is 1. The fourth-order valence-corrected chi connectivity index (χ4v) is 9.79. The first-order valence-corrected chi connectivity index (χ1v) is 10.6. The number of hydrogen-bond donors (Lipinski definition) is 1. The van der Waals surface area contributed by atoms with Gasteiger partial charge in [0.1, 0.15) is 0 Å². The average molecular weight is 393 g/mol. The molecule has 1 aliphatic carbocycles. The van der Waals surface area contributed by atoms with Gasteiger partial charge in [0, 0.05) is 58.5 Å². The first-order chi connectivity index (χ1) is 10.0. The number of anilines is 1. The zero-order valence-corrected chi connectivity index (χ0v) is 17.8. The van der Waals surface area contributed by atoms with Crippen LogP contribution in [-0.2, 0) is 37.5 Å². The van der Waals surface area contributed by atoms with Gasteiger partial charge in [-0.1, -0.05) is 18.2 Å². The smallest absolute Gasteiger partial charge is 0.268 e. The number of carbonyl (C=O) groups is 1. The number of rotatable bonds is 4. The van der Waals surface area contributed by atoms with Crippen LogP contribution in [0.5, 0.6) is 0 Å². The molecule has 1 saturated heterocycles. The van der Waals surface area contributed by atoms with E-state index in [1.165, 1.54) is 42.5 Å². The molecule has 22 heavy (non-hydrogen) atoms. The summed E-state index contributed by atoms with van der Waals surface area (Å²) in [6, 6.07) is 6.23. The predicted molar refractivity (Wildman–Crippen MR) is 92.9 cm³/mol. The van der Waals surface area contributed by atoms with Crippen LogP contribution in [0.2, 0.25) is 0 Å². The number of amides is 1. The SMILES string of the molecule is CC[P+]1(C2(C(=O)Nc3c(C)cccc3C)CC2)CCCC1.[Y]. The second kappa shape index (κ2) is 7.00. The van der Waals surface area contributed by atoms with Gasteiger partial charge in [-0.3, -0.25) is 4.79 Å². The van der Waals surface area contributed by atoms with E-state index < -0.39 is 7.26 Å². The molecule has 0 bridgehead atoms. The summed E-state index contributed by atoms with van der Waals surface area (Å²) in [6.07, 6.45) is 8.91. The van der Waals surface area contributed by atoms with E-state index in [0.717, 1.165) is 18.5 Å². The molecule has 4 heteroatoms. The molecule has 2 aliphatic rings. The van der Waals surface area contributed by atoms with Crippen LogP contribution in [0.1, 0.15) is 43.7 Å². The topological polar surface area (TPSA) is 29.1 Å². The van der Waals surface area contributed by atoms with Crippen molar-refractivity contribution in [2.45, 2.75) is 51.6 Å². The van der Waals surface area contributed by atoms with Crippen LogP contribution < -0.4 is 5.32 Å². The maximum Gasteiger partial charge on any atom is 0.268 e. The van der Waals surface area contributed by atoms with Crippen molar-refractivity contribution in [3.8, 4) is 0 Å². The Morgan fingerprint density at radius 3 is 2.18 bits per heavy atom. The molecule has 3 rings (SSSR count). The van der Waals surface area contributed by atoms with Crippen LogP contribution in [0.3, 0.4) is 0 Å². The summed E-state index contributed by atoms with van der Waals surface area (Å²) >= 11 is 0. The molecule has 1 amide bonds. The normalized spacial score (nSPS) is 21.0. The summed E-state index contributed by atoms with van der Waals surface area (Å²) < 4.78 is 0. The molecule has 0 aromatic heterocycles. The standard InChI is InChI=1S/C18H26NOP.Y/c1-4-21(12-5-6-13-21)18(10-11-18)17(20)19-16-14(2)8-7-9-15(16)3;/h7-9H,4-6,10-13H2,1-3H3;/p+1.